The molecule has 1 saturated heterocycles. The van der Waals surface area contributed by atoms with E-state index in [9.17, 15) is 9.59 Å². The lowest BCUT2D eigenvalue weighted by Crippen LogP contribution is -2.40. The Morgan fingerprint density at radius 2 is 2.22 bits per heavy atom. The molecule has 0 bridgehead atoms. The van der Waals surface area contributed by atoms with Gasteiger partial charge in [-0.15, -0.1) is 11.3 Å². The van der Waals surface area contributed by atoms with Gasteiger partial charge in [0.25, 0.3) is 5.91 Å². The summed E-state index contributed by atoms with van der Waals surface area (Å²) in [5.41, 5.74) is 0. The van der Waals surface area contributed by atoms with Crippen molar-refractivity contribution in [2.45, 2.75) is 32.2 Å². The topological polar surface area (TPSA) is 61.4 Å². The monoisotopic (exact) mass is 357 g/mol. The molecule has 1 aromatic rings. The minimum absolute atomic E-state index is 0.0508. The minimum atomic E-state index is -0.0933. The first-order chi connectivity index (χ1) is 11.0. The van der Waals surface area contributed by atoms with Crippen molar-refractivity contribution in [3.63, 3.8) is 0 Å². The number of hydrogen-bond donors (Lipinski definition) is 2. The third-order valence-corrected chi connectivity index (χ3v) is 5.59. The summed E-state index contributed by atoms with van der Waals surface area (Å²) >= 11 is 7.40. The maximum absolute atomic E-state index is 12.4. The molecule has 0 aromatic carbocycles. The van der Waals surface area contributed by atoms with Crippen LogP contribution in [-0.2, 0) is 4.79 Å². The normalized spacial score (nSPS) is 21.3. The predicted molar refractivity (Wildman–Crippen MR) is 94.1 cm³/mol. The quantitative estimate of drug-likeness (QED) is 0.787. The number of thiophene rings is 1. The van der Waals surface area contributed by atoms with E-state index in [1.807, 2.05) is 5.38 Å². The van der Waals surface area contributed by atoms with Crippen molar-refractivity contribution in [2.75, 3.05) is 26.7 Å². The molecule has 2 amide bonds. The Kier molecular flexibility index (Phi) is 6.87. The van der Waals surface area contributed by atoms with E-state index in [0.29, 0.717) is 22.2 Å². The Bertz CT molecular complexity index is 549. The summed E-state index contributed by atoms with van der Waals surface area (Å²) < 4.78 is 0. The van der Waals surface area contributed by atoms with Gasteiger partial charge in [0.2, 0.25) is 5.91 Å². The molecule has 23 heavy (non-hydrogen) atoms. The second-order valence-electron chi connectivity index (χ2n) is 5.91. The van der Waals surface area contributed by atoms with Crippen LogP contribution in [0.3, 0.4) is 0 Å². The van der Waals surface area contributed by atoms with E-state index >= 15 is 0 Å². The van der Waals surface area contributed by atoms with Gasteiger partial charge >= 0.3 is 0 Å². The highest BCUT2D eigenvalue weighted by molar-refractivity contribution is 7.12. The van der Waals surface area contributed by atoms with Crippen LogP contribution in [0.25, 0.3) is 0 Å². The summed E-state index contributed by atoms with van der Waals surface area (Å²) in [5.74, 6) is 0.381. The fourth-order valence-corrected chi connectivity index (χ4v) is 4.09. The van der Waals surface area contributed by atoms with E-state index in [0.717, 1.165) is 32.5 Å². The van der Waals surface area contributed by atoms with E-state index < -0.39 is 0 Å². The third-order valence-electron chi connectivity index (χ3n) is 4.25. The highest BCUT2D eigenvalue weighted by Crippen LogP contribution is 2.25. The maximum atomic E-state index is 12.4. The van der Waals surface area contributed by atoms with Crippen molar-refractivity contribution >= 4 is 34.8 Å². The van der Waals surface area contributed by atoms with Gasteiger partial charge in [0.15, 0.2) is 0 Å². The lowest BCUT2D eigenvalue weighted by molar-refractivity contribution is -0.120. The molecule has 0 unspecified atom stereocenters. The van der Waals surface area contributed by atoms with Gasteiger partial charge in [-0.2, -0.15) is 0 Å². The zero-order valence-electron chi connectivity index (χ0n) is 13.6. The molecule has 1 fully saturated rings. The summed E-state index contributed by atoms with van der Waals surface area (Å²) in [6.45, 7) is 4.60. The SMILES string of the molecule is CCC[C@H]1CN(CCC(=O)NC)C[C@@H]1NC(=O)c1sccc1Cl. The van der Waals surface area contributed by atoms with Crippen LogP contribution < -0.4 is 10.6 Å². The zero-order chi connectivity index (χ0) is 16.8. The molecule has 2 rings (SSSR count). The van der Waals surface area contributed by atoms with Crippen molar-refractivity contribution in [3.8, 4) is 0 Å². The van der Waals surface area contributed by atoms with Crippen LogP contribution in [0.2, 0.25) is 5.02 Å². The van der Waals surface area contributed by atoms with Crippen LogP contribution in [0.1, 0.15) is 35.9 Å². The number of halogens is 1. The number of amides is 2. The highest BCUT2D eigenvalue weighted by atomic mass is 35.5. The fraction of sp³-hybridized carbons (Fsp3) is 0.625. The molecule has 128 valence electrons. The minimum Gasteiger partial charge on any atom is -0.359 e. The van der Waals surface area contributed by atoms with Crippen molar-refractivity contribution < 1.29 is 9.59 Å². The first-order valence-electron chi connectivity index (χ1n) is 8.02. The molecular weight excluding hydrogens is 334 g/mol. The second-order valence-corrected chi connectivity index (χ2v) is 7.23. The van der Waals surface area contributed by atoms with Crippen LogP contribution in [0.15, 0.2) is 11.4 Å². The molecule has 2 N–H and O–H groups in total. The van der Waals surface area contributed by atoms with Gasteiger partial charge < -0.3 is 15.5 Å². The molecular formula is C16H24ClN3O2S. The van der Waals surface area contributed by atoms with E-state index in [1.54, 1.807) is 13.1 Å². The number of nitrogens with one attached hydrogen (secondary N) is 2. The molecule has 0 radical (unpaired) electrons. The average Bonchev–Trinajstić information content (AvgIpc) is 3.12. The highest BCUT2D eigenvalue weighted by Gasteiger charge is 2.33. The molecule has 7 heteroatoms. The van der Waals surface area contributed by atoms with Crippen molar-refractivity contribution in [2.24, 2.45) is 5.92 Å². The average molecular weight is 358 g/mol. The van der Waals surface area contributed by atoms with Crippen LogP contribution in [-0.4, -0.2) is 49.4 Å². The van der Waals surface area contributed by atoms with E-state index in [4.69, 9.17) is 11.6 Å². The van der Waals surface area contributed by atoms with Gasteiger partial charge in [0.1, 0.15) is 4.88 Å². The van der Waals surface area contributed by atoms with E-state index in [2.05, 4.69) is 22.5 Å². The molecule has 5 nitrogen and oxygen atoms in total. The number of hydrogen-bond acceptors (Lipinski definition) is 4. The Hall–Kier alpha value is -1.11. The van der Waals surface area contributed by atoms with E-state index in [-0.39, 0.29) is 17.9 Å². The van der Waals surface area contributed by atoms with Gasteiger partial charge in [-0.1, -0.05) is 24.9 Å². The smallest absolute Gasteiger partial charge is 0.263 e. The number of likely N-dealkylation sites (tertiary alicyclic amines) is 1. The number of rotatable bonds is 7. The maximum Gasteiger partial charge on any atom is 0.263 e. The van der Waals surface area contributed by atoms with Gasteiger partial charge in [-0.3, -0.25) is 9.59 Å². The molecule has 0 saturated carbocycles. The van der Waals surface area contributed by atoms with Gasteiger partial charge in [-0.05, 0) is 23.8 Å². The third kappa shape index (κ3) is 4.93. The summed E-state index contributed by atoms with van der Waals surface area (Å²) in [7, 11) is 1.65. The summed E-state index contributed by atoms with van der Waals surface area (Å²) in [6.07, 6.45) is 2.65. The molecule has 1 aliphatic heterocycles. The zero-order valence-corrected chi connectivity index (χ0v) is 15.2. The Labute approximate surface area is 146 Å². The summed E-state index contributed by atoms with van der Waals surface area (Å²) in [6, 6.07) is 1.86. The number of carbonyl (C=O) groups is 2. The molecule has 2 atom stereocenters. The van der Waals surface area contributed by atoms with Gasteiger partial charge in [-0.25, -0.2) is 0 Å². The van der Waals surface area contributed by atoms with Crippen LogP contribution >= 0.6 is 22.9 Å². The summed E-state index contributed by atoms with van der Waals surface area (Å²) in [4.78, 5) is 26.6. The predicted octanol–water partition coefficient (Wildman–Crippen LogP) is 2.37. The van der Waals surface area contributed by atoms with Crippen molar-refractivity contribution in [3.05, 3.63) is 21.3 Å². The van der Waals surface area contributed by atoms with Gasteiger partial charge in [0.05, 0.1) is 5.02 Å². The number of carbonyl (C=O) groups excluding carboxylic acids is 2. The Balaban J connectivity index is 1.94. The van der Waals surface area contributed by atoms with E-state index in [1.165, 1.54) is 11.3 Å². The first kappa shape index (κ1) is 18.2. The van der Waals surface area contributed by atoms with Crippen LogP contribution in [0.4, 0.5) is 0 Å². The van der Waals surface area contributed by atoms with Crippen molar-refractivity contribution in [1.82, 2.24) is 15.5 Å². The first-order valence-corrected chi connectivity index (χ1v) is 9.27. The summed E-state index contributed by atoms with van der Waals surface area (Å²) in [5, 5.41) is 8.11. The molecule has 1 aromatic heterocycles. The second kappa shape index (κ2) is 8.66. The standard InChI is InChI=1S/C16H24ClN3O2S/c1-3-4-11-9-20(7-5-14(21)18-2)10-13(11)19-16(22)15-12(17)6-8-23-15/h6,8,11,13H,3-5,7,9-10H2,1-2H3,(H,18,21)(H,19,22)/t11-,13-/m0/s1. The molecule has 1 aliphatic rings. The lowest BCUT2D eigenvalue weighted by Gasteiger charge is -2.19. The Morgan fingerprint density at radius 3 is 2.83 bits per heavy atom. The Morgan fingerprint density at radius 1 is 1.43 bits per heavy atom. The fourth-order valence-electron chi connectivity index (χ4n) is 3.04. The molecule has 0 aliphatic carbocycles. The molecule has 2 heterocycles. The van der Waals surface area contributed by atoms with Crippen LogP contribution in [0, 0.1) is 5.92 Å². The lowest BCUT2D eigenvalue weighted by atomic mass is 9.98. The number of nitrogens with zero attached hydrogens (tertiary/aromatic N) is 1. The van der Waals surface area contributed by atoms with Crippen molar-refractivity contribution in [1.29, 1.82) is 0 Å². The van der Waals surface area contributed by atoms with Gasteiger partial charge in [0, 0.05) is 39.1 Å². The largest absolute Gasteiger partial charge is 0.359 e. The molecule has 0 spiro atoms. The van der Waals surface area contributed by atoms with Crippen LogP contribution in [0.5, 0.6) is 0 Å².